The van der Waals surface area contributed by atoms with Crippen LogP contribution in [0.3, 0.4) is 0 Å². The Morgan fingerprint density at radius 1 is 1.32 bits per heavy atom. The van der Waals surface area contributed by atoms with Crippen molar-refractivity contribution in [2.45, 2.75) is 58.7 Å². The molecule has 0 radical (unpaired) electrons. The average molecular weight is 328 g/mol. The summed E-state index contributed by atoms with van der Waals surface area (Å²) in [7, 11) is 0. The summed E-state index contributed by atoms with van der Waals surface area (Å²) in [6, 6.07) is 0. The number of aryl methyl sites for hydroxylation is 1. The summed E-state index contributed by atoms with van der Waals surface area (Å²) in [4.78, 5) is 9.29. The fourth-order valence-corrected chi connectivity index (χ4v) is 2.84. The molecule has 0 bridgehead atoms. The fourth-order valence-electron chi connectivity index (χ4n) is 2.24. The molecule has 1 N–H and O–H groups in total. The van der Waals surface area contributed by atoms with Crippen molar-refractivity contribution in [2.24, 2.45) is 0 Å². The molecule has 2 rings (SSSR count). The van der Waals surface area contributed by atoms with Crippen LogP contribution in [0.4, 0.5) is 5.82 Å². The van der Waals surface area contributed by atoms with E-state index in [1.54, 1.807) is 0 Å². The van der Waals surface area contributed by atoms with Crippen molar-refractivity contribution in [1.82, 2.24) is 9.97 Å². The first-order valence-corrected chi connectivity index (χ1v) is 7.90. The monoisotopic (exact) mass is 327 g/mol. The van der Waals surface area contributed by atoms with Gasteiger partial charge in [0.15, 0.2) is 5.82 Å². The van der Waals surface area contributed by atoms with Gasteiger partial charge in [-0.1, -0.05) is 13.8 Å². The first kappa shape index (κ1) is 14.7. The highest BCUT2D eigenvalue weighted by Gasteiger charge is 2.27. The third-order valence-electron chi connectivity index (χ3n) is 3.33. The van der Waals surface area contributed by atoms with E-state index in [0.717, 1.165) is 54.0 Å². The normalized spacial score (nSPS) is 22.7. The lowest BCUT2D eigenvalue weighted by Crippen LogP contribution is -2.12. The third kappa shape index (κ3) is 3.45. The second-order valence-corrected chi connectivity index (χ2v) is 5.78. The van der Waals surface area contributed by atoms with Crippen LogP contribution in [0.2, 0.25) is 0 Å². The van der Waals surface area contributed by atoms with E-state index in [-0.39, 0.29) is 6.10 Å². The van der Waals surface area contributed by atoms with E-state index < -0.39 is 0 Å². The summed E-state index contributed by atoms with van der Waals surface area (Å²) in [6.07, 6.45) is 4.43. The summed E-state index contributed by atoms with van der Waals surface area (Å²) < 4.78 is 6.86. The number of hydrogen-bond acceptors (Lipinski definition) is 4. The molecule has 1 aliphatic rings. The first-order valence-electron chi connectivity index (χ1n) is 7.11. The van der Waals surface area contributed by atoms with Gasteiger partial charge in [0.05, 0.1) is 16.3 Å². The van der Waals surface area contributed by atoms with E-state index in [9.17, 15) is 0 Å². The number of nitrogens with zero attached hydrogens (tertiary/aromatic N) is 2. The van der Waals surface area contributed by atoms with Gasteiger partial charge in [0.1, 0.15) is 11.9 Å². The number of ether oxygens (including phenoxy) is 1. The molecule has 0 spiro atoms. The second-order valence-electron chi connectivity index (χ2n) is 4.98. The van der Waals surface area contributed by atoms with Gasteiger partial charge in [0, 0.05) is 6.54 Å². The highest BCUT2D eigenvalue weighted by atomic mass is 79.9. The van der Waals surface area contributed by atoms with E-state index in [0.29, 0.717) is 6.10 Å². The van der Waals surface area contributed by atoms with Crippen LogP contribution in [-0.2, 0) is 11.2 Å². The Morgan fingerprint density at radius 2 is 2.11 bits per heavy atom. The van der Waals surface area contributed by atoms with Crippen LogP contribution in [0.5, 0.6) is 0 Å². The van der Waals surface area contributed by atoms with E-state index in [1.807, 2.05) is 0 Å². The van der Waals surface area contributed by atoms with E-state index in [1.165, 1.54) is 0 Å². The van der Waals surface area contributed by atoms with Crippen molar-refractivity contribution >= 4 is 21.7 Å². The van der Waals surface area contributed by atoms with Crippen LogP contribution in [0, 0.1) is 0 Å². The van der Waals surface area contributed by atoms with Crippen LogP contribution in [-0.4, -0.2) is 22.6 Å². The van der Waals surface area contributed by atoms with Crippen LogP contribution in [0.1, 0.15) is 57.7 Å². The molecule has 1 fully saturated rings. The van der Waals surface area contributed by atoms with Gasteiger partial charge in [-0.25, -0.2) is 9.97 Å². The van der Waals surface area contributed by atoms with Crippen LogP contribution >= 0.6 is 15.9 Å². The maximum atomic E-state index is 5.88. The van der Waals surface area contributed by atoms with Gasteiger partial charge in [0.2, 0.25) is 0 Å². The van der Waals surface area contributed by atoms with Crippen LogP contribution < -0.4 is 5.32 Å². The Kier molecular flexibility index (Phi) is 5.16. The van der Waals surface area contributed by atoms with E-state index in [2.05, 4.69) is 52.0 Å². The molecule has 2 unspecified atom stereocenters. The molecule has 0 aliphatic carbocycles. The maximum Gasteiger partial charge on any atom is 0.159 e. The molecule has 2 heterocycles. The minimum atomic E-state index is 0.0515. The van der Waals surface area contributed by atoms with Crippen molar-refractivity contribution < 1.29 is 4.74 Å². The molecule has 2 atom stereocenters. The quantitative estimate of drug-likeness (QED) is 0.891. The molecule has 0 saturated carbocycles. The zero-order chi connectivity index (χ0) is 13.8. The van der Waals surface area contributed by atoms with E-state index in [4.69, 9.17) is 4.74 Å². The Labute approximate surface area is 123 Å². The Hall–Kier alpha value is -0.680. The lowest BCUT2D eigenvalue weighted by molar-refractivity contribution is 0.0502. The smallest absolute Gasteiger partial charge is 0.159 e. The summed E-state index contributed by atoms with van der Waals surface area (Å²) in [5, 5.41) is 3.36. The number of rotatable bonds is 5. The molecule has 5 heteroatoms. The van der Waals surface area contributed by atoms with Gasteiger partial charge >= 0.3 is 0 Å². The lowest BCUT2D eigenvalue weighted by Gasteiger charge is -2.15. The van der Waals surface area contributed by atoms with Gasteiger partial charge in [-0.3, -0.25) is 0 Å². The van der Waals surface area contributed by atoms with Gasteiger partial charge < -0.3 is 10.1 Å². The molecule has 1 aliphatic heterocycles. The van der Waals surface area contributed by atoms with Crippen molar-refractivity contribution in [3.05, 3.63) is 16.0 Å². The molecule has 0 aromatic carbocycles. The molecule has 106 valence electrons. The van der Waals surface area contributed by atoms with Crippen LogP contribution in [0.25, 0.3) is 0 Å². The summed E-state index contributed by atoms with van der Waals surface area (Å²) in [6.45, 7) is 7.28. The number of halogens is 1. The molecule has 0 amide bonds. The SMILES string of the molecule is CCCNc1nc(C2CCC(C)O2)nc(CC)c1Br. The van der Waals surface area contributed by atoms with Crippen molar-refractivity contribution in [1.29, 1.82) is 0 Å². The average Bonchev–Trinajstić information content (AvgIpc) is 2.84. The fraction of sp³-hybridized carbons (Fsp3) is 0.714. The maximum absolute atomic E-state index is 5.88. The molecular formula is C14H22BrN3O. The zero-order valence-electron chi connectivity index (χ0n) is 11.9. The van der Waals surface area contributed by atoms with E-state index >= 15 is 0 Å². The Morgan fingerprint density at radius 3 is 2.68 bits per heavy atom. The minimum Gasteiger partial charge on any atom is -0.369 e. The van der Waals surface area contributed by atoms with Crippen molar-refractivity contribution in [2.75, 3.05) is 11.9 Å². The summed E-state index contributed by atoms with van der Waals surface area (Å²) in [5.74, 6) is 1.72. The molecule has 1 saturated heterocycles. The van der Waals surface area contributed by atoms with Crippen molar-refractivity contribution in [3.63, 3.8) is 0 Å². The van der Waals surface area contributed by atoms with Gasteiger partial charge in [-0.2, -0.15) is 0 Å². The predicted octanol–water partition coefficient (Wildman–Crippen LogP) is 3.86. The van der Waals surface area contributed by atoms with Gasteiger partial charge in [-0.15, -0.1) is 0 Å². The first-order chi connectivity index (χ1) is 9.15. The lowest BCUT2D eigenvalue weighted by atomic mass is 10.2. The highest BCUT2D eigenvalue weighted by molar-refractivity contribution is 9.10. The molecular weight excluding hydrogens is 306 g/mol. The predicted molar refractivity (Wildman–Crippen MR) is 80.4 cm³/mol. The summed E-state index contributed by atoms with van der Waals surface area (Å²) in [5.41, 5.74) is 1.05. The number of aromatic nitrogens is 2. The minimum absolute atomic E-state index is 0.0515. The second kappa shape index (κ2) is 6.66. The topological polar surface area (TPSA) is 47.0 Å². The largest absolute Gasteiger partial charge is 0.369 e. The van der Waals surface area contributed by atoms with Gasteiger partial charge in [-0.05, 0) is 48.5 Å². The molecule has 19 heavy (non-hydrogen) atoms. The third-order valence-corrected chi connectivity index (χ3v) is 4.17. The Balaban J connectivity index is 2.28. The number of hydrogen-bond donors (Lipinski definition) is 1. The molecule has 1 aromatic heterocycles. The van der Waals surface area contributed by atoms with Crippen LogP contribution in [0.15, 0.2) is 4.47 Å². The van der Waals surface area contributed by atoms with Crippen molar-refractivity contribution in [3.8, 4) is 0 Å². The van der Waals surface area contributed by atoms with Gasteiger partial charge in [0.25, 0.3) is 0 Å². The number of anilines is 1. The number of nitrogens with one attached hydrogen (secondary N) is 1. The Bertz CT molecular complexity index is 439. The molecule has 4 nitrogen and oxygen atoms in total. The molecule has 1 aromatic rings. The summed E-state index contributed by atoms with van der Waals surface area (Å²) >= 11 is 3.60. The standard InChI is InChI=1S/C14H22BrN3O/c1-4-8-16-14-12(15)10(5-2)17-13(18-14)11-7-6-9(3)19-11/h9,11H,4-8H2,1-3H3,(H,16,17,18). The highest BCUT2D eigenvalue weighted by Crippen LogP contribution is 2.33. The zero-order valence-corrected chi connectivity index (χ0v) is 13.5.